The molecule has 1 aliphatic rings. The molecule has 1 fully saturated rings. The molecule has 1 rings (SSSR count). The number of ether oxygens (including phenoxy) is 1. The highest BCUT2D eigenvalue weighted by molar-refractivity contribution is 5.76. The molecule has 16 heavy (non-hydrogen) atoms. The van der Waals surface area contributed by atoms with Crippen molar-refractivity contribution in [1.29, 1.82) is 0 Å². The number of aliphatic hydroxyl groups is 1. The molecule has 4 heteroatoms. The second-order valence-electron chi connectivity index (χ2n) is 4.70. The fourth-order valence-corrected chi connectivity index (χ4v) is 1.95. The molecule has 0 aliphatic heterocycles. The van der Waals surface area contributed by atoms with Gasteiger partial charge in [0.2, 0.25) is 5.91 Å². The van der Waals surface area contributed by atoms with Crippen LogP contribution in [0.3, 0.4) is 0 Å². The van der Waals surface area contributed by atoms with Gasteiger partial charge >= 0.3 is 0 Å². The van der Waals surface area contributed by atoms with Crippen LogP contribution in [-0.4, -0.2) is 35.9 Å². The highest BCUT2D eigenvalue weighted by Gasteiger charge is 2.24. The van der Waals surface area contributed by atoms with Crippen molar-refractivity contribution >= 4 is 5.91 Å². The third-order valence-electron chi connectivity index (χ3n) is 2.86. The Labute approximate surface area is 97.4 Å². The van der Waals surface area contributed by atoms with Gasteiger partial charge in [0.1, 0.15) is 0 Å². The van der Waals surface area contributed by atoms with Gasteiger partial charge in [0, 0.05) is 6.42 Å². The van der Waals surface area contributed by atoms with Crippen LogP contribution in [-0.2, 0) is 9.53 Å². The van der Waals surface area contributed by atoms with Gasteiger partial charge in [0.25, 0.3) is 0 Å². The largest absolute Gasteiger partial charge is 0.391 e. The second kappa shape index (κ2) is 6.86. The van der Waals surface area contributed by atoms with E-state index in [9.17, 15) is 9.90 Å². The number of hydrogen-bond acceptors (Lipinski definition) is 3. The number of carbonyl (C=O) groups is 1. The number of hydrogen-bond donors (Lipinski definition) is 2. The maximum Gasteiger partial charge on any atom is 0.222 e. The predicted molar refractivity (Wildman–Crippen MR) is 62.1 cm³/mol. The van der Waals surface area contributed by atoms with Crippen molar-refractivity contribution in [2.24, 2.45) is 0 Å². The van der Waals surface area contributed by atoms with Gasteiger partial charge in [-0.05, 0) is 26.7 Å². The predicted octanol–water partition coefficient (Wildman–Crippen LogP) is 1.22. The number of carbonyl (C=O) groups excluding carboxylic acids is 1. The van der Waals surface area contributed by atoms with Crippen LogP contribution in [0.5, 0.6) is 0 Å². The van der Waals surface area contributed by atoms with E-state index in [0.29, 0.717) is 13.0 Å². The van der Waals surface area contributed by atoms with Crippen LogP contribution < -0.4 is 5.32 Å². The summed E-state index contributed by atoms with van der Waals surface area (Å²) < 4.78 is 5.31. The Morgan fingerprint density at radius 3 is 2.75 bits per heavy atom. The lowest BCUT2D eigenvalue weighted by Crippen LogP contribution is -2.45. The minimum Gasteiger partial charge on any atom is -0.391 e. The number of aliphatic hydroxyl groups excluding tert-OH is 1. The normalized spacial score (nSPS) is 25.8. The molecule has 0 saturated heterocycles. The Morgan fingerprint density at radius 2 is 2.12 bits per heavy atom. The zero-order valence-corrected chi connectivity index (χ0v) is 10.2. The summed E-state index contributed by atoms with van der Waals surface area (Å²) in [6.45, 7) is 4.35. The van der Waals surface area contributed by atoms with E-state index in [1.807, 2.05) is 13.8 Å². The minimum atomic E-state index is -0.372. The molecule has 0 aromatic rings. The molecule has 94 valence electrons. The molecule has 0 aromatic carbocycles. The van der Waals surface area contributed by atoms with Gasteiger partial charge in [-0.3, -0.25) is 4.79 Å². The third-order valence-corrected chi connectivity index (χ3v) is 2.86. The smallest absolute Gasteiger partial charge is 0.222 e. The number of nitrogens with one attached hydrogen (secondary N) is 1. The molecule has 1 amide bonds. The van der Waals surface area contributed by atoms with Crippen LogP contribution in [0.4, 0.5) is 0 Å². The average Bonchev–Trinajstić information content (AvgIpc) is 2.21. The van der Waals surface area contributed by atoms with Crippen molar-refractivity contribution in [2.45, 2.75) is 64.2 Å². The first kappa shape index (κ1) is 13.5. The Morgan fingerprint density at radius 1 is 1.44 bits per heavy atom. The molecule has 1 aliphatic carbocycles. The Bertz CT molecular complexity index is 218. The van der Waals surface area contributed by atoms with E-state index >= 15 is 0 Å². The average molecular weight is 229 g/mol. The van der Waals surface area contributed by atoms with Crippen LogP contribution >= 0.6 is 0 Å². The van der Waals surface area contributed by atoms with Crippen molar-refractivity contribution in [2.75, 3.05) is 6.61 Å². The second-order valence-corrected chi connectivity index (χ2v) is 4.70. The summed E-state index contributed by atoms with van der Waals surface area (Å²) in [7, 11) is 0. The van der Waals surface area contributed by atoms with E-state index in [2.05, 4.69) is 5.32 Å². The Kier molecular flexibility index (Phi) is 5.77. The van der Waals surface area contributed by atoms with Gasteiger partial charge in [-0.2, -0.15) is 0 Å². The summed E-state index contributed by atoms with van der Waals surface area (Å²) in [5.74, 6) is -0.0217. The summed E-state index contributed by atoms with van der Waals surface area (Å²) >= 11 is 0. The number of rotatable bonds is 5. The molecule has 0 spiro atoms. The molecule has 2 unspecified atom stereocenters. The molecule has 2 atom stereocenters. The van der Waals surface area contributed by atoms with Gasteiger partial charge < -0.3 is 15.2 Å². The van der Waals surface area contributed by atoms with Crippen LogP contribution in [0, 0.1) is 0 Å². The van der Waals surface area contributed by atoms with Gasteiger partial charge in [-0.25, -0.2) is 0 Å². The quantitative estimate of drug-likeness (QED) is 0.745. The van der Waals surface area contributed by atoms with Gasteiger partial charge in [-0.15, -0.1) is 0 Å². The molecule has 0 bridgehead atoms. The van der Waals surface area contributed by atoms with Crippen molar-refractivity contribution in [3.8, 4) is 0 Å². The van der Waals surface area contributed by atoms with Crippen LogP contribution in [0.1, 0.15) is 46.0 Å². The highest BCUT2D eigenvalue weighted by atomic mass is 16.5. The van der Waals surface area contributed by atoms with Crippen molar-refractivity contribution < 1.29 is 14.6 Å². The van der Waals surface area contributed by atoms with Crippen LogP contribution in [0.2, 0.25) is 0 Å². The Hall–Kier alpha value is -0.610. The van der Waals surface area contributed by atoms with E-state index in [4.69, 9.17) is 4.74 Å². The van der Waals surface area contributed by atoms with Crippen molar-refractivity contribution in [3.05, 3.63) is 0 Å². The van der Waals surface area contributed by atoms with Gasteiger partial charge in [0.15, 0.2) is 0 Å². The van der Waals surface area contributed by atoms with Crippen LogP contribution in [0.25, 0.3) is 0 Å². The summed E-state index contributed by atoms with van der Waals surface area (Å²) in [5, 5.41) is 12.6. The first-order valence-electron chi connectivity index (χ1n) is 6.18. The standard InChI is InChI=1S/C12H23NO3/c1-9(2)16-8-7-12(15)13-10-5-3-4-6-11(10)14/h9-11,14H,3-8H2,1-2H3,(H,13,15). The van der Waals surface area contributed by atoms with Crippen molar-refractivity contribution in [3.63, 3.8) is 0 Å². The molecule has 0 radical (unpaired) electrons. The highest BCUT2D eigenvalue weighted by Crippen LogP contribution is 2.18. The zero-order valence-electron chi connectivity index (χ0n) is 10.2. The van der Waals surface area contributed by atoms with E-state index < -0.39 is 0 Å². The summed E-state index contributed by atoms with van der Waals surface area (Å²) in [6.07, 6.45) is 4.00. The topological polar surface area (TPSA) is 58.6 Å². The molecule has 0 aromatic heterocycles. The molecule has 4 nitrogen and oxygen atoms in total. The summed E-state index contributed by atoms with van der Waals surface area (Å²) in [5.41, 5.74) is 0. The fraction of sp³-hybridized carbons (Fsp3) is 0.917. The Balaban J connectivity index is 2.17. The first-order chi connectivity index (χ1) is 7.59. The number of amides is 1. The van der Waals surface area contributed by atoms with E-state index in [1.54, 1.807) is 0 Å². The molecular formula is C12H23NO3. The monoisotopic (exact) mass is 229 g/mol. The van der Waals surface area contributed by atoms with Gasteiger partial charge in [-0.1, -0.05) is 12.8 Å². The van der Waals surface area contributed by atoms with E-state index in [1.165, 1.54) is 0 Å². The van der Waals surface area contributed by atoms with Crippen molar-refractivity contribution in [1.82, 2.24) is 5.32 Å². The molecular weight excluding hydrogens is 206 g/mol. The van der Waals surface area contributed by atoms with E-state index in [0.717, 1.165) is 25.7 Å². The molecule has 2 N–H and O–H groups in total. The molecule has 0 heterocycles. The lowest BCUT2D eigenvalue weighted by molar-refractivity contribution is -0.124. The summed E-state index contributed by atoms with van der Waals surface area (Å²) in [4.78, 5) is 11.5. The minimum absolute atomic E-state index is 0.0217. The van der Waals surface area contributed by atoms with Crippen LogP contribution in [0.15, 0.2) is 0 Å². The maximum absolute atomic E-state index is 11.5. The van der Waals surface area contributed by atoms with E-state index in [-0.39, 0.29) is 24.2 Å². The first-order valence-corrected chi connectivity index (χ1v) is 6.18. The SMILES string of the molecule is CC(C)OCCC(=O)NC1CCCCC1O. The lowest BCUT2D eigenvalue weighted by atomic mass is 9.92. The zero-order chi connectivity index (χ0) is 12.0. The van der Waals surface area contributed by atoms with Gasteiger partial charge in [0.05, 0.1) is 24.9 Å². The maximum atomic E-state index is 11.5. The fourth-order valence-electron chi connectivity index (χ4n) is 1.95. The summed E-state index contributed by atoms with van der Waals surface area (Å²) in [6, 6.07) is -0.0553. The molecule has 1 saturated carbocycles. The third kappa shape index (κ3) is 4.94. The lowest BCUT2D eigenvalue weighted by Gasteiger charge is -2.28.